The number of rotatable bonds is 7. The van der Waals surface area contributed by atoms with Crippen LogP contribution in [-0.2, 0) is 13.6 Å². The maximum Gasteiger partial charge on any atom is 0.191 e. The molecule has 1 aliphatic heterocycles. The second-order valence-corrected chi connectivity index (χ2v) is 7.61. The van der Waals surface area contributed by atoms with Crippen LogP contribution >= 0.6 is 0 Å². The molecule has 1 aliphatic rings. The number of nitrogens with zero attached hydrogens (tertiary/aromatic N) is 4. The van der Waals surface area contributed by atoms with E-state index < -0.39 is 0 Å². The van der Waals surface area contributed by atoms with Gasteiger partial charge in [-0.15, -0.1) is 0 Å². The van der Waals surface area contributed by atoms with Crippen molar-refractivity contribution in [2.24, 2.45) is 12.0 Å². The quantitative estimate of drug-likeness (QED) is 0.535. The number of ether oxygens (including phenoxy) is 2. The van der Waals surface area contributed by atoms with E-state index in [0.29, 0.717) is 12.6 Å². The van der Waals surface area contributed by atoms with Crippen molar-refractivity contribution >= 4 is 11.6 Å². The van der Waals surface area contributed by atoms with Crippen LogP contribution in [0.15, 0.2) is 23.2 Å². The van der Waals surface area contributed by atoms with Crippen molar-refractivity contribution in [2.75, 3.05) is 38.8 Å². The minimum atomic E-state index is 0.316. The first kappa shape index (κ1) is 21.8. The van der Waals surface area contributed by atoms with Gasteiger partial charge in [0.05, 0.1) is 26.5 Å². The molecule has 0 saturated carbocycles. The molecule has 2 heterocycles. The fourth-order valence-electron chi connectivity index (χ4n) is 3.81. The summed E-state index contributed by atoms with van der Waals surface area (Å²) in [7, 11) is 5.33. The van der Waals surface area contributed by atoms with Gasteiger partial charge < -0.3 is 25.0 Å². The van der Waals surface area contributed by atoms with E-state index in [1.165, 1.54) is 5.56 Å². The fourth-order valence-corrected chi connectivity index (χ4v) is 3.81. The van der Waals surface area contributed by atoms with Gasteiger partial charge in [0.25, 0.3) is 0 Å². The van der Waals surface area contributed by atoms with Crippen LogP contribution in [0.3, 0.4) is 0 Å². The Hall–Kier alpha value is -2.90. The topological polar surface area (TPSA) is 75.9 Å². The number of guanidine groups is 1. The summed E-state index contributed by atoms with van der Waals surface area (Å²) in [4.78, 5) is 7.17. The number of aryl methyl sites for hydroxylation is 2. The van der Waals surface area contributed by atoms with Crippen molar-refractivity contribution in [1.82, 2.24) is 20.4 Å². The highest BCUT2D eigenvalue weighted by atomic mass is 16.5. The first-order valence-corrected chi connectivity index (χ1v) is 10.5. The smallest absolute Gasteiger partial charge is 0.191 e. The molecule has 0 bridgehead atoms. The van der Waals surface area contributed by atoms with Gasteiger partial charge in [-0.05, 0) is 27.2 Å². The maximum absolute atomic E-state index is 5.42. The molecule has 30 heavy (non-hydrogen) atoms. The Morgan fingerprint density at radius 3 is 2.47 bits per heavy atom. The van der Waals surface area contributed by atoms with E-state index >= 15 is 0 Å². The van der Waals surface area contributed by atoms with E-state index in [1.807, 2.05) is 24.7 Å². The van der Waals surface area contributed by atoms with Crippen LogP contribution in [0.1, 0.15) is 30.3 Å². The summed E-state index contributed by atoms with van der Waals surface area (Å²) >= 11 is 0. The number of aromatic nitrogens is 2. The first-order valence-electron chi connectivity index (χ1n) is 10.5. The predicted molar refractivity (Wildman–Crippen MR) is 121 cm³/mol. The van der Waals surface area contributed by atoms with E-state index in [-0.39, 0.29) is 0 Å². The molecule has 8 nitrogen and oxygen atoms in total. The molecule has 1 aromatic carbocycles. The van der Waals surface area contributed by atoms with Gasteiger partial charge in [0.15, 0.2) is 5.96 Å². The number of methoxy groups -OCH3 is 2. The molecule has 1 saturated heterocycles. The second kappa shape index (κ2) is 9.73. The predicted octanol–water partition coefficient (Wildman–Crippen LogP) is 2.39. The van der Waals surface area contributed by atoms with Crippen LogP contribution in [0, 0.1) is 13.8 Å². The van der Waals surface area contributed by atoms with Crippen LogP contribution in [0.5, 0.6) is 11.5 Å². The number of hydrogen-bond acceptors (Lipinski definition) is 5. The fraction of sp³-hybridized carbons (Fsp3) is 0.545. The molecule has 164 valence electrons. The molecule has 0 spiro atoms. The van der Waals surface area contributed by atoms with Crippen molar-refractivity contribution in [2.45, 2.75) is 39.8 Å². The average molecular weight is 415 g/mol. The number of anilines is 1. The summed E-state index contributed by atoms with van der Waals surface area (Å²) < 4.78 is 12.7. The first-order chi connectivity index (χ1) is 14.4. The van der Waals surface area contributed by atoms with Gasteiger partial charge in [0, 0.05) is 67.9 Å². The van der Waals surface area contributed by atoms with Gasteiger partial charge in [0.1, 0.15) is 11.5 Å². The van der Waals surface area contributed by atoms with Crippen molar-refractivity contribution < 1.29 is 9.47 Å². The zero-order valence-electron chi connectivity index (χ0n) is 19.0. The zero-order chi connectivity index (χ0) is 21.7. The molecule has 1 fully saturated rings. The van der Waals surface area contributed by atoms with Gasteiger partial charge in [-0.3, -0.25) is 4.68 Å². The normalized spacial score (nSPS) is 16.7. The van der Waals surface area contributed by atoms with E-state index in [1.54, 1.807) is 14.2 Å². The Kier molecular flexibility index (Phi) is 7.07. The van der Waals surface area contributed by atoms with Crippen LogP contribution in [0.4, 0.5) is 5.69 Å². The molecule has 8 heteroatoms. The average Bonchev–Trinajstić information content (AvgIpc) is 3.30. The molecule has 0 amide bonds. The van der Waals surface area contributed by atoms with Gasteiger partial charge in [-0.1, -0.05) is 0 Å². The lowest BCUT2D eigenvalue weighted by molar-refractivity contribution is 0.394. The van der Waals surface area contributed by atoms with E-state index in [2.05, 4.69) is 46.6 Å². The third-order valence-electron chi connectivity index (χ3n) is 5.63. The van der Waals surface area contributed by atoms with Gasteiger partial charge in [-0.25, -0.2) is 4.99 Å². The number of nitrogens with one attached hydrogen (secondary N) is 2. The summed E-state index contributed by atoms with van der Waals surface area (Å²) in [6, 6.07) is 6.32. The molecular weight excluding hydrogens is 380 g/mol. The molecular formula is C22H34N6O2. The molecule has 1 atom stereocenters. The third-order valence-corrected chi connectivity index (χ3v) is 5.63. The standard InChI is InChI=1S/C22H34N6O2/c1-7-23-22(24-13-21-15(2)26-27(4)16(21)3)25-17-8-9-28(14-17)18-10-19(29-5)12-20(11-18)30-6/h10-12,17H,7-9,13-14H2,1-6H3,(H2,23,24,25). The van der Waals surface area contributed by atoms with Crippen molar-refractivity contribution in [3.63, 3.8) is 0 Å². The van der Waals surface area contributed by atoms with Crippen LogP contribution in [-0.4, -0.2) is 55.6 Å². The second-order valence-electron chi connectivity index (χ2n) is 7.61. The monoisotopic (exact) mass is 414 g/mol. The summed E-state index contributed by atoms with van der Waals surface area (Å²) in [5.74, 6) is 2.45. The van der Waals surface area contributed by atoms with Crippen LogP contribution in [0.25, 0.3) is 0 Å². The maximum atomic E-state index is 5.42. The number of aliphatic imine (C=N–C) groups is 1. The van der Waals surface area contributed by atoms with Crippen LogP contribution in [0.2, 0.25) is 0 Å². The minimum absolute atomic E-state index is 0.316. The van der Waals surface area contributed by atoms with Gasteiger partial charge >= 0.3 is 0 Å². The molecule has 1 unspecified atom stereocenters. The van der Waals surface area contributed by atoms with Crippen molar-refractivity contribution in [1.29, 1.82) is 0 Å². The van der Waals surface area contributed by atoms with E-state index in [0.717, 1.165) is 60.6 Å². The highest BCUT2D eigenvalue weighted by Gasteiger charge is 2.24. The Labute approximate surface area is 179 Å². The summed E-state index contributed by atoms with van der Waals surface area (Å²) in [5, 5.41) is 11.5. The van der Waals surface area contributed by atoms with Gasteiger partial charge in [0.2, 0.25) is 0 Å². The highest BCUT2D eigenvalue weighted by Crippen LogP contribution is 2.30. The summed E-state index contributed by atoms with van der Waals surface area (Å²) in [6.07, 6.45) is 1.04. The zero-order valence-corrected chi connectivity index (χ0v) is 19.0. The molecule has 1 aromatic heterocycles. The van der Waals surface area contributed by atoms with Crippen LogP contribution < -0.4 is 25.0 Å². The summed E-state index contributed by atoms with van der Waals surface area (Å²) in [5.41, 5.74) is 4.49. The lowest BCUT2D eigenvalue weighted by Crippen LogP contribution is -2.44. The Balaban J connectivity index is 1.67. The van der Waals surface area contributed by atoms with Crippen molar-refractivity contribution in [3.8, 4) is 11.5 Å². The highest BCUT2D eigenvalue weighted by molar-refractivity contribution is 5.80. The summed E-state index contributed by atoms with van der Waals surface area (Å²) in [6.45, 7) is 9.50. The van der Waals surface area contributed by atoms with E-state index in [4.69, 9.17) is 14.5 Å². The molecule has 2 aromatic rings. The SMILES string of the molecule is CCNC(=NCc1c(C)nn(C)c1C)NC1CCN(c2cc(OC)cc(OC)c2)C1. The molecule has 0 aliphatic carbocycles. The van der Waals surface area contributed by atoms with E-state index in [9.17, 15) is 0 Å². The Morgan fingerprint density at radius 2 is 1.90 bits per heavy atom. The molecule has 2 N–H and O–H groups in total. The minimum Gasteiger partial charge on any atom is -0.497 e. The number of benzene rings is 1. The number of hydrogen-bond donors (Lipinski definition) is 2. The molecule has 3 rings (SSSR count). The lowest BCUT2D eigenvalue weighted by atomic mass is 10.2. The lowest BCUT2D eigenvalue weighted by Gasteiger charge is -2.21. The Morgan fingerprint density at radius 1 is 1.20 bits per heavy atom. The third kappa shape index (κ3) is 4.98. The van der Waals surface area contributed by atoms with Gasteiger partial charge in [-0.2, -0.15) is 5.10 Å². The molecule has 0 radical (unpaired) electrons. The largest absolute Gasteiger partial charge is 0.497 e. The van der Waals surface area contributed by atoms with Crippen molar-refractivity contribution in [3.05, 3.63) is 35.2 Å². The Bertz CT molecular complexity index is 870.